The van der Waals surface area contributed by atoms with Crippen molar-refractivity contribution in [2.24, 2.45) is 0 Å². The maximum Gasteiger partial charge on any atom is 0.273 e. The lowest BCUT2D eigenvalue weighted by atomic mass is 10.0. The summed E-state index contributed by atoms with van der Waals surface area (Å²) in [6, 6.07) is 3.06. The number of hydrogen-bond donors (Lipinski definition) is 1. The second kappa shape index (κ2) is 7.26. The zero-order chi connectivity index (χ0) is 18.0. The molecule has 132 valence electrons. The largest absolute Gasteiger partial charge is 0.335 e. The SMILES string of the molecule is C[C@H]1CCCCN1C(=O)c1csc(NC(=O)c2ccc(F)c(F)c2)n1. The minimum atomic E-state index is -1.10. The number of piperidine rings is 1. The first-order valence-electron chi connectivity index (χ1n) is 7.98. The van der Waals surface area contributed by atoms with Crippen LogP contribution in [0.3, 0.4) is 0 Å². The molecule has 1 aromatic heterocycles. The second-order valence-electron chi connectivity index (χ2n) is 5.96. The molecular weight excluding hydrogens is 348 g/mol. The fourth-order valence-corrected chi connectivity index (χ4v) is 3.46. The quantitative estimate of drug-likeness (QED) is 0.902. The van der Waals surface area contributed by atoms with Gasteiger partial charge >= 0.3 is 0 Å². The molecule has 2 amide bonds. The summed E-state index contributed by atoms with van der Waals surface area (Å²) in [4.78, 5) is 30.6. The Morgan fingerprint density at radius 2 is 2.08 bits per heavy atom. The van der Waals surface area contributed by atoms with Crippen LogP contribution in [0.15, 0.2) is 23.6 Å². The Hall–Kier alpha value is -2.35. The minimum absolute atomic E-state index is 0.0216. The fraction of sp³-hybridized carbons (Fsp3) is 0.353. The lowest BCUT2D eigenvalue weighted by molar-refractivity contribution is 0.0630. The molecule has 1 aromatic carbocycles. The number of carbonyl (C=O) groups is 2. The maximum absolute atomic E-state index is 13.2. The molecule has 1 fully saturated rings. The van der Waals surface area contributed by atoms with Crippen LogP contribution in [-0.4, -0.2) is 34.3 Å². The van der Waals surface area contributed by atoms with E-state index in [0.29, 0.717) is 6.54 Å². The number of likely N-dealkylation sites (tertiary alicyclic amines) is 1. The van der Waals surface area contributed by atoms with Gasteiger partial charge in [-0.05, 0) is 44.4 Å². The number of aromatic nitrogens is 1. The van der Waals surface area contributed by atoms with Crippen molar-refractivity contribution in [3.8, 4) is 0 Å². The monoisotopic (exact) mass is 365 g/mol. The van der Waals surface area contributed by atoms with Crippen LogP contribution in [0.25, 0.3) is 0 Å². The number of nitrogens with one attached hydrogen (secondary N) is 1. The molecule has 0 spiro atoms. The highest BCUT2D eigenvalue weighted by molar-refractivity contribution is 7.14. The molecule has 1 N–H and O–H groups in total. The Morgan fingerprint density at radius 3 is 2.80 bits per heavy atom. The van der Waals surface area contributed by atoms with Crippen LogP contribution in [-0.2, 0) is 0 Å². The van der Waals surface area contributed by atoms with Crippen LogP contribution >= 0.6 is 11.3 Å². The van der Waals surface area contributed by atoms with Crippen molar-refractivity contribution < 1.29 is 18.4 Å². The summed E-state index contributed by atoms with van der Waals surface area (Å²) in [5.74, 6) is -2.88. The van der Waals surface area contributed by atoms with E-state index >= 15 is 0 Å². The van der Waals surface area contributed by atoms with Gasteiger partial charge in [0.15, 0.2) is 16.8 Å². The van der Waals surface area contributed by atoms with Gasteiger partial charge in [0, 0.05) is 23.5 Å². The summed E-state index contributed by atoms with van der Waals surface area (Å²) in [5, 5.41) is 4.33. The summed E-state index contributed by atoms with van der Waals surface area (Å²) in [5.41, 5.74) is 0.256. The first-order chi connectivity index (χ1) is 12.0. The van der Waals surface area contributed by atoms with E-state index in [1.807, 2.05) is 6.92 Å². The Labute approximate surface area is 147 Å². The predicted octanol–water partition coefficient (Wildman–Crippen LogP) is 3.69. The highest BCUT2D eigenvalue weighted by Gasteiger charge is 2.26. The number of carbonyl (C=O) groups excluding carboxylic acids is 2. The third-order valence-electron chi connectivity index (χ3n) is 4.19. The van der Waals surface area contributed by atoms with Crippen molar-refractivity contribution in [3.05, 3.63) is 46.5 Å². The number of halogens is 2. The van der Waals surface area contributed by atoms with Gasteiger partial charge in [0.2, 0.25) is 0 Å². The van der Waals surface area contributed by atoms with Gasteiger partial charge in [-0.15, -0.1) is 11.3 Å². The number of hydrogen-bond acceptors (Lipinski definition) is 4. The standard InChI is InChI=1S/C17H17F2N3O2S/c1-10-4-2-3-7-22(10)16(24)14-9-25-17(20-14)21-15(23)11-5-6-12(18)13(19)8-11/h5-6,8-10H,2-4,7H2,1H3,(H,20,21,23)/t10-/m0/s1. The van der Waals surface area contributed by atoms with Gasteiger partial charge in [-0.25, -0.2) is 13.8 Å². The molecule has 25 heavy (non-hydrogen) atoms. The van der Waals surface area contributed by atoms with Gasteiger partial charge in [0.1, 0.15) is 5.69 Å². The predicted molar refractivity (Wildman–Crippen MR) is 90.8 cm³/mol. The molecule has 0 aliphatic carbocycles. The first kappa shape index (κ1) is 17.5. The lowest BCUT2D eigenvalue weighted by Crippen LogP contribution is -2.42. The van der Waals surface area contributed by atoms with Crippen molar-refractivity contribution in [1.82, 2.24) is 9.88 Å². The van der Waals surface area contributed by atoms with Crippen molar-refractivity contribution in [2.75, 3.05) is 11.9 Å². The van der Waals surface area contributed by atoms with Crippen LogP contribution in [0.5, 0.6) is 0 Å². The van der Waals surface area contributed by atoms with Crippen molar-refractivity contribution in [3.63, 3.8) is 0 Å². The van der Waals surface area contributed by atoms with Gasteiger partial charge < -0.3 is 4.90 Å². The molecule has 0 bridgehead atoms. The average molecular weight is 365 g/mol. The molecule has 1 atom stereocenters. The highest BCUT2D eigenvalue weighted by atomic mass is 32.1. The van der Waals surface area contributed by atoms with E-state index in [1.165, 1.54) is 6.07 Å². The summed E-state index contributed by atoms with van der Waals surface area (Å²) >= 11 is 1.12. The van der Waals surface area contributed by atoms with Gasteiger partial charge in [0.05, 0.1) is 0 Å². The van der Waals surface area contributed by atoms with E-state index in [2.05, 4.69) is 10.3 Å². The molecule has 0 radical (unpaired) electrons. The van der Waals surface area contributed by atoms with Crippen LogP contribution < -0.4 is 5.32 Å². The molecule has 2 heterocycles. The molecule has 1 saturated heterocycles. The summed E-state index contributed by atoms with van der Waals surface area (Å²) in [6.45, 7) is 2.71. The van der Waals surface area contributed by atoms with E-state index < -0.39 is 17.5 Å². The van der Waals surface area contributed by atoms with E-state index in [1.54, 1.807) is 10.3 Å². The van der Waals surface area contributed by atoms with Crippen LogP contribution in [0, 0.1) is 11.6 Å². The van der Waals surface area contributed by atoms with E-state index in [4.69, 9.17) is 0 Å². The van der Waals surface area contributed by atoms with Gasteiger partial charge in [-0.2, -0.15) is 0 Å². The number of rotatable bonds is 3. The molecule has 3 rings (SSSR count). The number of anilines is 1. The number of nitrogens with zero attached hydrogens (tertiary/aromatic N) is 2. The number of thiazole rings is 1. The van der Waals surface area contributed by atoms with E-state index in [-0.39, 0.29) is 28.3 Å². The average Bonchev–Trinajstić information content (AvgIpc) is 3.05. The van der Waals surface area contributed by atoms with Gasteiger partial charge in [-0.3, -0.25) is 14.9 Å². The third kappa shape index (κ3) is 3.84. The normalized spacial score (nSPS) is 17.4. The molecule has 1 aliphatic rings. The van der Waals surface area contributed by atoms with Crippen molar-refractivity contribution in [2.45, 2.75) is 32.2 Å². The summed E-state index contributed by atoms with van der Waals surface area (Å²) in [7, 11) is 0. The van der Waals surface area contributed by atoms with Crippen LogP contribution in [0.2, 0.25) is 0 Å². The summed E-state index contributed by atoms with van der Waals surface area (Å²) < 4.78 is 26.1. The molecular formula is C17H17F2N3O2S. The zero-order valence-electron chi connectivity index (χ0n) is 13.6. The lowest BCUT2D eigenvalue weighted by Gasteiger charge is -2.32. The number of amides is 2. The van der Waals surface area contributed by atoms with Gasteiger partial charge in [-0.1, -0.05) is 0 Å². The topological polar surface area (TPSA) is 62.3 Å². The van der Waals surface area contributed by atoms with Crippen molar-refractivity contribution >= 4 is 28.3 Å². The molecule has 0 unspecified atom stereocenters. The minimum Gasteiger partial charge on any atom is -0.335 e. The summed E-state index contributed by atoms with van der Waals surface area (Å²) in [6.07, 6.45) is 3.05. The Kier molecular flexibility index (Phi) is 5.08. The molecule has 1 aliphatic heterocycles. The zero-order valence-corrected chi connectivity index (χ0v) is 14.4. The Morgan fingerprint density at radius 1 is 1.28 bits per heavy atom. The smallest absolute Gasteiger partial charge is 0.273 e. The van der Waals surface area contributed by atoms with E-state index in [0.717, 1.165) is 42.7 Å². The molecule has 2 aromatic rings. The molecule has 0 saturated carbocycles. The van der Waals surface area contributed by atoms with E-state index in [9.17, 15) is 18.4 Å². The second-order valence-corrected chi connectivity index (χ2v) is 6.82. The molecule has 5 nitrogen and oxygen atoms in total. The Bertz CT molecular complexity index is 809. The van der Waals surface area contributed by atoms with Crippen LogP contribution in [0.1, 0.15) is 47.0 Å². The number of benzene rings is 1. The van der Waals surface area contributed by atoms with Crippen LogP contribution in [0.4, 0.5) is 13.9 Å². The highest BCUT2D eigenvalue weighted by Crippen LogP contribution is 2.22. The fourth-order valence-electron chi connectivity index (χ4n) is 2.78. The first-order valence-corrected chi connectivity index (χ1v) is 8.86. The third-order valence-corrected chi connectivity index (χ3v) is 4.95. The molecule has 8 heteroatoms. The Balaban J connectivity index is 1.69. The van der Waals surface area contributed by atoms with Crippen molar-refractivity contribution in [1.29, 1.82) is 0 Å². The van der Waals surface area contributed by atoms with Gasteiger partial charge in [0.25, 0.3) is 11.8 Å². The maximum atomic E-state index is 13.2.